The molecule has 0 aliphatic rings. The molecule has 3 rings (SSSR count). The quantitative estimate of drug-likeness (QED) is 0.197. The maximum Gasteiger partial charge on any atom is 0.408 e. The van der Waals surface area contributed by atoms with E-state index in [0.717, 1.165) is 11.1 Å². The van der Waals surface area contributed by atoms with Gasteiger partial charge in [-0.25, -0.2) is 9.18 Å². The average molecular weight is 640 g/mol. The third-order valence-electron chi connectivity index (χ3n) is 7.16. The molecular weight excluding hydrogens is 593 g/mol. The van der Waals surface area contributed by atoms with Crippen molar-refractivity contribution in [3.8, 4) is 28.4 Å². The van der Waals surface area contributed by atoms with Gasteiger partial charge in [-0.3, -0.25) is 4.79 Å². The molecule has 0 spiro atoms. The summed E-state index contributed by atoms with van der Waals surface area (Å²) in [5, 5.41) is 13.5. The van der Waals surface area contributed by atoms with Gasteiger partial charge in [0.05, 0.1) is 38.9 Å². The van der Waals surface area contributed by atoms with Gasteiger partial charge >= 0.3 is 12.1 Å². The summed E-state index contributed by atoms with van der Waals surface area (Å²) in [5.41, 5.74) is 1.85. The number of hydrogen-bond acceptors (Lipinski definition) is 8. The topological polar surface area (TPSA) is 113 Å². The molecule has 1 atom stereocenters. The van der Waals surface area contributed by atoms with Gasteiger partial charge in [-0.1, -0.05) is 12.1 Å². The van der Waals surface area contributed by atoms with E-state index >= 15 is 4.39 Å². The van der Waals surface area contributed by atoms with Crippen LogP contribution in [-0.2, 0) is 26.5 Å². The Morgan fingerprint density at radius 3 is 2.17 bits per heavy atom. The molecule has 9 nitrogen and oxygen atoms in total. The van der Waals surface area contributed by atoms with Crippen LogP contribution in [0.3, 0.4) is 0 Å². The van der Waals surface area contributed by atoms with Crippen molar-refractivity contribution < 1.29 is 42.8 Å². The highest BCUT2D eigenvalue weighted by Gasteiger charge is 2.28. The number of esters is 1. The van der Waals surface area contributed by atoms with E-state index in [1.165, 1.54) is 0 Å². The van der Waals surface area contributed by atoms with Crippen LogP contribution in [-0.4, -0.2) is 43.6 Å². The second-order valence-electron chi connectivity index (χ2n) is 12.6. The molecule has 3 aromatic carbocycles. The van der Waals surface area contributed by atoms with Gasteiger partial charge in [0.25, 0.3) is 0 Å². The van der Waals surface area contributed by atoms with Crippen LogP contribution in [0, 0.1) is 19.7 Å². The zero-order valence-electron chi connectivity index (χ0n) is 28.4. The van der Waals surface area contributed by atoms with Crippen LogP contribution >= 0.6 is 0 Å². The fourth-order valence-corrected chi connectivity index (χ4v) is 4.99. The Balaban J connectivity index is 2.16. The number of ether oxygens (including phenoxy) is 5. The fraction of sp³-hybridized carbons (Fsp3) is 0.444. The summed E-state index contributed by atoms with van der Waals surface area (Å²) in [6.07, 6.45) is -1.11. The molecule has 250 valence electrons. The maximum atomic E-state index is 15.9. The minimum Gasteiger partial charge on any atom is -0.493 e. The van der Waals surface area contributed by atoms with Gasteiger partial charge < -0.3 is 34.1 Å². The highest BCUT2D eigenvalue weighted by atomic mass is 19.1. The molecule has 0 fully saturated rings. The van der Waals surface area contributed by atoms with Gasteiger partial charge in [0.15, 0.2) is 11.5 Å². The molecule has 0 unspecified atom stereocenters. The predicted octanol–water partition coefficient (Wildman–Crippen LogP) is 7.45. The Morgan fingerprint density at radius 2 is 1.59 bits per heavy atom. The summed E-state index contributed by atoms with van der Waals surface area (Å²) in [7, 11) is 3.11. The van der Waals surface area contributed by atoms with E-state index in [-0.39, 0.29) is 25.2 Å². The van der Waals surface area contributed by atoms with E-state index in [0.29, 0.717) is 39.5 Å². The zero-order chi connectivity index (χ0) is 34.4. The van der Waals surface area contributed by atoms with E-state index in [9.17, 15) is 14.7 Å². The normalized spacial score (nSPS) is 12.3. The van der Waals surface area contributed by atoms with E-state index in [2.05, 4.69) is 5.32 Å². The van der Waals surface area contributed by atoms with Crippen molar-refractivity contribution in [2.75, 3.05) is 20.8 Å². The van der Waals surface area contributed by atoms with Crippen molar-refractivity contribution in [1.82, 2.24) is 5.32 Å². The van der Waals surface area contributed by atoms with E-state index < -0.39 is 35.1 Å². The van der Waals surface area contributed by atoms with Crippen LogP contribution in [0.2, 0.25) is 0 Å². The minimum atomic E-state index is -1.17. The highest BCUT2D eigenvalue weighted by Crippen LogP contribution is 2.40. The smallest absolute Gasteiger partial charge is 0.408 e. The van der Waals surface area contributed by atoms with Crippen molar-refractivity contribution in [3.05, 3.63) is 76.1 Å². The van der Waals surface area contributed by atoms with Gasteiger partial charge in [0, 0.05) is 11.1 Å². The molecule has 1 amide bonds. The van der Waals surface area contributed by atoms with Crippen LogP contribution in [0.15, 0.2) is 42.5 Å². The maximum absolute atomic E-state index is 15.9. The number of halogens is 1. The lowest BCUT2D eigenvalue weighted by molar-refractivity contribution is -0.143. The number of alkyl carbamates (subject to hydrolysis) is 1. The third-order valence-corrected chi connectivity index (χ3v) is 7.16. The number of hydrogen-bond donors (Lipinski definition) is 2. The standard InChI is InChI=1S/C36H46FNO8/c1-11-44-31(39)19-27(38-34(40)46-35(4,5)6)26-17-24(14-22(3)33(26)37)32-21(2)15-25(36(7,8)41)18-30(32)45-20-23-12-13-28(42-9)29(16-23)43-10/h12-18,27,41H,11,19-20H2,1-10H3,(H,38,40)/t27-/m0/s1. The number of methoxy groups -OCH3 is 2. The first-order chi connectivity index (χ1) is 21.5. The van der Waals surface area contributed by atoms with Crippen LogP contribution in [0.5, 0.6) is 17.2 Å². The zero-order valence-corrected chi connectivity index (χ0v) is 28.4. The van der Waals surface area contributed by atoms with Gasteiger partial charge in [-0.05, 0) is 114 Å². The Bertz CT molecular complexity index is 1560. The molecule has 0 aliphatic heterocycles. The van der Waals surface area contributed by atoms with E-state index in [4.69, 9.17) is 23.7 Å². The van der Waals surface area contributed by atoms with Crippen LogP contribution in [0.1, 0.15) is 81.8 Å². The Kier molecular flexibility index (Phi) is 11.7. The molecule has 0 aromatic heterocycles. The van der Waals surface area contributed by atoms with Crippen LogP contribution in [0.25, 0.3) is 11.1 Å². The highest BCUT2D eigenvalue weighted by molar-refractivity contribution is 5.77. The fourth-order valence-electron chi connectivity index (χ4n) is 4.99. The third kappa shape index (κ3) is 9.36. The summed E-state index contributed by atoms with van der Waals surface area (Å²) in [6.45, 7) is 13.9. The largest absolute Gasteiger partial charge is 0.493 e. The number of nitrogens with one attached hydrogen (secondary N) is 1. The van der Waals surface area contributed by atoms with Crippen molar-refractivity contribution in [2.24, 2.45) is 0 Å². The molecule has 0 bridgehead atoms. The minimum absolute atomic E-state index is 0.0886. The molecule has 46 heavy (non-hydrogen) atoms. The first-order valence-corrected chi connectivity index (χ1v) is 15.1. The van der Waals surface area contributed by atoms with Crippen LogP contribution in [0.4, 0.5) is 9.18 Å². The summed E-state index contributed by atoms with van der Waals surface area (Å²) in [5.74, 6) is 0.405. The molecule has 0 saturated carbocycles. The van der Waals surface area contributed by atoms with Gasteiger partial charge in [0.2, 0.25) is 0 Å². The summed E-state index contributed by atoms with van der Waals surface area (Å²) in [4.78, 5) is 25.4. The SMILES string of the molecule is CCOC(=O)C[C@H](NC(=O)OC(C)(C)C)c1cc(-c2c(C)cc(C(C)(C)O)cc2OCc2ccc(OC)c(OC)c2)cc(C)c1F. The number of aliphatic hydroxyl groups is 1. The van der Waals surface area contributed by atoms with Crippen molar-refractivity contribution >= 4 is 12.1 Å². The lowest BCUT2D eigenvalue weighted by atomic mass is 9.88. The second kappa shape index (κ2) is 14.9. The average Bonchev–Trinajstić information content (AvgIpc) is 2.95. The van der Waals surface area contributed by atoms with Gasteiger partial charge in [0.1, 0.15) is 23.8 Å². The number of benzene rings is 3. The molecule has 0 aliphatic carbocycles. The molecular formula is C36H46FNO8. The monoisotopic (exact) mass is 639 g/mol. The number of carbonyl (C=O) groups excluding carboxylic acids is 2. The molecule has 0 radical (unpaired) electrons. The number of aryl methyl sites for hydroxylation is 2. The first-order valence-electron chi connectivity index (χ1n) is 15.1. The predicted molar refractivity (Wildman–Crippen MR) is 174 cm³/mol. The van der Waals surface area contributed by atoms with Crippen molar-refractivity contribution in [2.45, 2.75) is 85.7 Å². The molecule has 0 heterocycles. The summed E-state index contributed by atoms with van der Waals surface area (Å²) < 4.78 is 43.6. The second-order valence-corrected chi connectivity index (χ2v) is 12.6. The lowest BCUT2D eigenvalue weighted by Gasteiger charge is -2.25. The van der Waals surface area contributed by atoms with Crippen LogP contribution < -0.4 is 19.5 Å². The van der Waals surface area contributed by atoms with E-state index in [1.807, 2.05) is 25.1 Å². The summed E-state index contributed by atoms with van der Waals surface area (Å²) in [6, 6.07) is 11.3. The Hall–Kier alpha value is -4.31. The van der Waals surface area contributed by atoms with Gasteiger partial charge in [-0.2, -0.15) is 0 Å². The van der Waals surface area contributed by atoms with Crippen molar-refractivity contribution in [1.29, 1.82) is 0 Å². The number of rotatable bonds is 12. The molecule has 3 aromatic rings. The Morgan fingerprint density at radius 1 is 0.913 bits per heavy atom. The molecule has 0 saturated heterocycles. The lowest BCUT2D eigenvalue weighted by Crippen LogP contribution is -2.36. The van der Waals surface area contributed by atoms with E-state index in [1.54, 1.807) is 87.0 Å². The molecule has 10 heteroatoms. The Labute approximate surface area is 271 Å². The number of amides is 1. The number of carbonyl (C=O) groups is 2. The summed E-state index contributed by atoms with van der Waals surface area (Å²) >= 11 is 0. The van der Waals surface area contributed by atoms with Gasteiger partial charge in [-0.15, -0.1) is 0 Å². The molecule has 2 N–H and O–H groups in total. The first kappa shape index (κ1) is 36.2. The van der Waals surface area contributed by atoms with Crippen molar-refractivity contribution in [3.63, 3.8) is 0 Å².